The van der Waals surface area contributed by atoms with E-state index >= 15 is 4.39 Å². The van der Waals surface area contributed by atoms with Gasteiger partial charge in [0.1, 0.15) is 22.7 Å². The molecule has 3 heterocycles. The average Bonchev–Trinajstić information content (AvgIpc) is 2.91. The van der Waals surface area contributed by atoms with E-state index in [2.05, 4.69) is 15.0 Å². The fraction of sp³-hybridized carbons (Fsp3) is 0.138. The molecule has 0 radical (unpaired) electrons. The van der Waals surface area contributed by atoms with Crippen molar-refractivity contribution in [3.63, 3.8) is 0 Å². The number of hydrogen-bond acceptors (Lipinski definition) is 7. The largest absolute Gasteiger partial charge is 0.481 e. The van der Waals surface area contributed by atoms with E-state index in [1.165, 1.54) is 54.3 Å². The number of aromatic nitrogens is 4. The number of fused-ring (bicyclic) bond motifs is 1. The first-order chi connectivity index (χ1) is 18.7. The molecule has 2 aromatic carbocycles. The molecular weight excluding hydrogens is 506 g/mol. The molecule has 0 saturated heterocycles. The summed E-state index contributed by atoms with van der Waals surface area (Å²) < 4.78 is 40.6. The lowest BCUT2D eigenvalue weighted by Gasteiger charge is -2.13. The number of ether oxygens (including phenoxy) is 2. The number of rotatable bonds is 7. The Hall–Kier alpha value is -4.99. The van der Waals surface area contributed by atoms with Crippen LogP contribution >= 0.6 is 0 Å². The van der Waals surface area contributed by atoms with Crippen LogP contribution in [-0.4, -0.2) is 32.4 Å². The molecule has 196 valence electrons. The molecule has 0 aliphatic heterocycles. The minimum absolute atomic E-state index is 0.0739. The quantitative estimate of drug-likeness (QED) is 0.265. The Morgan fingerprint density at radius 2 is 1.72 bits per heavy atom. The number of halogens is 2. The van der Waals surface area contributed by atoms with Crippen molar-refractivity contribution < 1.29 is 23.0 Å². The zero-order valence-corrected chi connectivity index (χ0v) is 21.2. The van der Waals surface area contributed by atoms with Crippen molar-refractivity contribution in [1.29, 1.82) is 0 Å². The number of benzene rings is 2. The monoisotopic (exact) mass is 528 g/mol. The summed E-state index contributed by atoms with van der Waals surface area (Å²) >= 11 is 0. The van der Waals surface area contributed by atoms with Crippen LogP contribution in [0.25, 0.3) is 16.7 Å². The van der Waals surface area contributed by atoms with Gasteiger partial charge in [-0.15, -0.1) is 0 Å². The summed E-state index contributed by atoms with van der Waals surface area (Å²) in [6.45, 7) is 3.19. The van der Waals surface area contributed by atoms with E-state index < -0.39 is 23.0 Å². The highest BCUT2D eigenvalue weighted by molar-refractivity contribution is 5.98. The van der Waals surface area contributed by atoms with Crippen molar-refractivity contribution in [2.45, 2.75) is 20.3 Å². The lowest BCUT2D eigenvalue weighted by Crippen LogP contribution is -2.30. The van der Waals surface area contributed by atoms with Crippen LogP contribution < -0.4 is 15.0 Å². The predicted octanol–water partition coefficient (Wildman–Crippen LogP) is 5.30. The highest BCUT2D eigenvalue weighted by Gasteiger charge is 2.21. The highest BCUT2D eigenvalue weighted by atomic mass is 19.1. The molecule has 5 aromatic rings. The molecule has 0 unspecified atom stereocenters. The Balaban J connectivity index is 1.42. The van der Waals surface area contributed by atoms with Gasteiger partial charge in [0, 0.05) is 24.8 Å². The van der Waals surface area contributed by atoms with Crippen LogP contribution in [0.2, 0.25) is 0 Å². The lowest BCUT2D eigenvalue weighted by molar-refractivity contribution is 0.0990. The van der Waals surface area contributed by atoms with E-state index in [4.69, 9.17) is 9.47 Å². The smallest absolute Gasteiger partial charge is 0.269 e. The third-order valence-corrected chi connectivity index (χ3v) is 6.11. The van der Waals surface area contributed by atoms with Gasteiger partial charge in [-0.2, -0.15) is 0 Å². The molecule has 0 spiro atoms. The first kappa shape index (κ1) is 25.7. The first-order valence-corrected chi connectivity index (χ1v) is 11.9. The molecule has 0 saturated carbocycles. The summed E-state index contributed by atoms with van der Waals surface area (Å²) in [5, 5.41) is 0. The van der Waals surface area contributed by atoms with Gasteiger partial charge in [-0.25, -0.2) is 18.7 Å². The minimum Gasteiger partial charge on any atom is -0.481 e. The summed E-state index contributed by atoms with van der Waals surface area (Å²) in [6.07, 6.45) is 1.28. The van der Waals surface area contributed by atoms with Crippen molar-refractivity contribution in [3.8, 4) is 23.1 Å². The topological polar surface area (TPSA) is 96.2 Å². The zero-order valence-electron chi connectivity index (χ0n) is 21.2. The first-order valence-electron chi connectivity index (χ1n) is 11.9. The van der Waals surface area contributed by atoms with Gasteiger partial charge < -0.3 is 9.47 Å². The molecule has 0 aliphatic rings. The Morgan fingerprint density at radius 3 is 2.44 bits per heavy atom. The van der Waals surface area contributed by atoms with Crippen molar-refractivity contribution in [3.05, 3.63) is 111 Å². The Bertz CT molecular complexity index is 1790. The minimum atomic E-state index is -0.698. The molecule has 0 bridgehead atoms. The summed E-state index contributed by atoms with van der Waals surface area (Å²) in [7, 11) is 1.48. The van der Waals surface area contributed by atoms with Gasteiger partial charge in [0.15, 0.2) is 23.1 Å². The van der Waals surface area contributed by atoms with Gasteiger partial charge in [0.25, 0.3) is 5.56 Å². The van der Waals surface area contributed by atoms with Crippen LogP contribution in [0.15, 0.2) is 71.7 Å². The fourth-order valence-electron chi connectivity index (χ4n) is 4.29. The lowest BCUT2D eigenvalue weighted by atomic mass is 10.0. The summed E-state index contributed by atoms with van der Waals surface area (Å²) in [5.41, 5.74) is 1.23. The number of carbonyl (C=O) groups excluding carboxylic acids is 1. The molecule has 3 aromatic heterocycles. The number of aryl methyl sites for hydroxylation is 2. The molecule has 0 atom stereocenters. The number of carbonyl (C=O) groups is 1. The summed E-state index contributed by atoms with van der Waals surface area (Å²) in [4.78, 5) is 39.4. The van der Waals surface area contributed by atoms with E-state index in [0.29, 0.717) is 34.0 Å². The molecular formula is C29H22F2N4O4. The van der Waals surface area contributed by atoms with Crippen molar-refractivity contribution in [1.82, 2.24) is 19.5 Å². The maximum atomic E-state index is 15.1. The van der Waals surface area contributed by atoms with Crippen molar-refractivity contribution >= 4 is 16.8 Å². The molecule has 10 heteroatoms. The molecule has 39 heavy (non-hydrogen) atoms. The van der Waals surface area contributed by atoms with Crippen LogP contribution in [-0.2, 0) is 6.42 Å². The van der Waals surface area contributed by atoms with Gasteiger partial charge in [-0.05, 0) is 61.9 Å². The summed E-state index contributed by atoms with van der Waals surface area (Å²) in [5.74, 6) is -0.762. The van der Waals surface area contributed by atoms with E-state index in [1.807, 2.05) is 0 Å². The standard InChI is InChI=1S/C29H22F2N4O4/c1-16-27(29(37)35(17(2)33-16)20-7-5-19(30)6-8-20)23(36)15-18-4-10-24(21(31)14-18)39-25-12-13-32-22-9-11-26(38-3)34-28(22)25/h4-14H,15H2,1-3H3. The van der Waals surface area contributed by atoms with Gasteiger partial charge in [0.2, 0.25) is 5.88 Å². The van der Waals surface area contributed by atoms with E-state index in [-0.39, 0.29) is 29.2 Å². The maximum absolute atomic E-state index is 15.1. The van der Waals surface area contributed by atoms with Crippen LogP contribution in [0.5, 0.6) is 17.4 Å². The van der Waals surface area contributed by atoms with E-state index in [9.17, 15) is 14.0 Å². The second-order valence-electron chi connectivity index (χ2n) is 8.73. The van der Waals surface area contributed by atoms with Crippen LogP contribution in [0.3, 0.4) is 0 Å². The molecule has 0 fully saturated rings. The van der Waals surface area contributed by atoms with Crippen molar-refractivity contribution in [2.75, 3.05) is 7.11 Å². The number of Topliss-reactive ketones (excluding diaryl/α,β-unsaturated/α-hetero) is 1. The summed E-state index contributed by atoms with van der Waals surface area (Å²) in [6, 6.07) is 14.4. The molecule has 0 N–H and O–H groups in total. The third kappa shape index (κ3) is 5.08. The van der Waals surface area contributed by atoms with Gasteiger partial charge in [-0.1, -0.05) is 6.07 Å². The predicted molar refractivity (Wildman–Crippen MR) is 140 cm³/mol. The third-order valence-electron chi connectivity index (χ3n) is 6.11. The second kappa shape index (κ2) is 10.4. The SMILES string of the molecule is COc1ccc2nccc(Oc3ccc(CC(=O)c4c(C)nc(C)n(-c5ccc(F)cc5)c4=O)cc3F)c2n1. The van der Waals surface area contributed by atoms with Crippen LogP contribution in [0, 0.1) is 25.5 Å². The van der Waals surface area contributed by atoms with Gasteiger partial charge in [-0.3, -0.25) is 19.1 Å². The normalized spacial score (nSPS) is 11.0. The maximum Gasteiger partial charge on any atom is 0.269 e. The molecule has 8 nitrogen and oxygen atoms in total. The molecule has 0 aliphatic carbocycles. The zero-order chi connectivity index (χ0) is 27.7. The number of ketones is 1. The fourth-order valence-corrected chi connectivity index (χ4v) is 4.29. The second-order valence-corrected chi connectivity index (χ2v) is 8.73. The Labute approximate surface area is 221 Å². The highest BCUT2D eigenvalue weighted by Crippen LogP contribution is 2.31. The molecule has 5 rings (SSSR count). The number of pyridine rings is 2. The van der Waals surface area contributed by atoms with Gasteiger partial charge in [0.05, 0.1) is 24.0 Å². The van der Waals surface area contributed by atoms with Crippen LogP contribution in [0.1, 0.15) is 27.4 Å². The van der Waals surface area contributed by atoms with Crippen LogP contribution in [0.4, 0.5) is 8.78 Å². The Morgan fingerprint density at radius 1 is 0.949 bits per heavy atom. The van der Waals surface area contributed by atoms with E-state index in [1.54, 1.807) is 38.1 Å². The number of methoxy groups -OCH3 is 1. The molecule has 0 amide bonds. The number of hydrogen-bond donors (Lipinski definition) is 0. The number of nitrogens with zero attached hydrogens (tertiary/aromatic N) is 4. The van der Waals surface area contributed by atoms with Gasteiger partial charge >= 0.3 is 0 Å². The average molecular weight is 529 g/mol. The van der Waals surface area contributed by atoms with E-state index in [0.717, 1.165) is 0 Å². The van der Waals surface area contributed by atoms with Crippen molar-refractivity contribution in [2.24, 2.45) is 0 Å². The Kier molecular flexibility index (Phi) is 6.84.